The minimum Gasteiger partial charge on any atom is -0.316 e. The molecule has 2 aromatic carbocycles. The number of aromatic nitrogens is 1. The van der Waals surface area contributed by atoms with Gasteiger partial charge in [0.25, 0.3) is 0 Å². The van der Waals surface area contributed by atoms with Crippen LogP contribution in [0.2, 0.25) is 0 Å². The van der Waals surface area contributed by atoms with Gasteiger partial charge in [0, 0.05) is 22.2 Å². The third-order valence-corrected chi connectivity index (χ3v) is 8.37. The topological polar surface area (TPSA) is 43.2 Å². The maximum atomic E-state index is 9.66. The van der Waals surface area contributed by atoms with Crippen LogP contribution in [0.15, 0.2) is 54.6 Å². The highest BCUT2D eigenvalue weighted by Crippen LogP contribution is 2.62. The molecule has 3 heterocycles. The highest BCUT2D eigenvalue weighted by Gasteiger charge is 2.58. The highest BCUT2D eigenvalue weighted by molar-refractivity contribution is 5.90. The van der Waals surface area contributed by atoms with Gasteiger partial charge in [0.2, 0.25) is 0 Å². The minimum absolute atomic E-state index is 0.0164. The molecule has 1 atom stereocenters. The summed E-state index contributed by atoms with van der Waals surface area (Å²) < 4.78 is 0. The van der Waals surface area contributed by atoms with E-state index in [1.807, 2.05) is 6.07 Å². The lowest BCUT2D eigenvalue weighted by Gasteiger charge is -2.56. The zero-order chi connectivity index (χ0) is 24.6. The largest absolute Gasteiger partial charge is 0.316 e. The van der Waals surface area contributed by atoms with E-state index >= 15 is 0 Å². The Bertz CT molecular complexity index is 1340. The van der Waals surface area contributed by atoms with Crippen molar-refractivity contribution in [1.82, 2.24) is 4.98 Å². The van der Waals surface area contributed by atoms with E-state index in [-0.39, 0.29) is 22.4 Å². The van der Waals surface area contributed by atoms with Gasteiger partial charge in [-0.2, -0.15) is 5.26 Å². The van der Waals surface area contributed by atoms with Crippen LogP contribution in [0.1, 0.15) is 70.9 Å². The van der Waals surface area contributed by atoms with Crippen LogP contribution in [0, 0.1) is 23.7 Å². The number of para-hydroxylation sites is 1. The molecular formula is C30H34N4. The molecule has 0 bridgehead atoms. The number of fused-ring (bicyclic) bond motifs is 5. The fourth-order valence-electron chi connectivity index (χ4n) is 5.61. The third-order valence-electron chi connectivity index (χ3n) is 8.37. The van der Waals surface area contributed by atoms with E-state index < -0.39 is 0 Å². The van der Waals surface area contributed by atoms with Gasteiger partial charge in [-0.3, -0.25) is 0 Å². The van der Waals surface area contributed by atoms with Gasteiger partial charge >= 0.3 is 0 Å². The molecule has 4 nitrogen and oxygen atoms in total. The first-order chi connectivity index (χ1) is 15.9. The first kappa shape index (κ1) is 22.5. The number of pyridine rings is 1. The van der Waals surface area contributed by atoms with E-state index in [1.165, 1.54) is 22.4 Å². The van der Waals surface area contributed by atoms with Crippen molar-refractivity contribution in [2.24, 2.45) is 5.41 Å². The Morgan fingerprint density at radius 2 is 1.59 bits per heavy atom. The third kappa shape index (κ3) is 2.92. The van der Waals surface area contributed by atoms with Gasteiger partial charge in [0.15, 0.2) is 5.82 Å². The number of nitrogens with zero attached hydrogens (tertiary/aromatic N) is 4. The predicted octanol–water partition coefficient (Wildman–Crippen LogP) is 7.49. The Hall–Kier alpha value is -3.32. The van der Waals surface area contributed by atoms with Gasteiger partial charge in [0.05, 0.1) is 5.69 Å². The van der Waals surface area contributed by atoms with Gasteiger partial charge in [-0.15, -0.1) is 0 Å². The molecule has 0 saturated heterocycles. The molecule has 174 valence electrons. The van der Waals surface area contributed by atoms with E-state index in [1.54, 1.807) is 0 Å². The molecule has 1 unspecified atom stereocenters. The van der Waals surface area contributed by atoms with Crippen molar-refractivity contribution in [3.63, 3.8) is 0 Å². The number of nitriles is 1. The van der Waals surface area contributed by atoms with Crippen molar-refractivity contribution in [1.29, 1.82) is 5.26 Å². The fourth-order valence-corrected chi connectivity index (χ4v) is 5.61. The molecule has 2 aliphatic rings. The Morgan fingerprint density at radius 3 is 2.24 bits per heavy atom. The fraction of sp³-hybridized carbons (Fsp3) is 0.400. The molecule has 0 spiro atoms. The maximum Gasteiger partial charge on any atom is 0.160 e. The van der Waals surface area contributed by atoms with Crippen molar-refractivity contribution in [2.75, 3.05) is 9.80 Å². The second kappa shape index (κ2) is 7.09. The normalized spacial score (nSPS) is 19.8. The molecule has 3 aromatic rings. The van der Waals surface area contributed by atoms with Crippen molar-refractivity contribution in [3.05, 3.63) is 77.0 Å². The lowest BCUT2D eigenvalue weighted by Crippen LogP contribution is -2.60. The summed E-state index contributed by atoms with van der Waals surface area (Å²) in [6.07, 6.45) is 0.0164. The zero-order valence-corrected chi connectivity index (χ0v) is 21.6. The summed E-state index contributed by atoms with van der Waals surface area (Å²) in [5.74, 6) is 0.858. The lowest BCUT2D eigenvalue weighted by atomic mass is 9.59. The Balaban J connectivity index is 1.87. The summed E-state index contributed by atoms with van der Waals surface area (Å²) in [6, 6.07) is 21.7. The van der Waals surface area contributed by atoms with Crippen LogP contribution in [-0.2, 0) is 10.8 Å². The monoisotopic (exact) mass is 450 g/mol. The summed E-state index contributed by atoms with van der Waals surface area (Å²) in [6.45, 7) is 18.4. The van der Waals surface area contributed by atoms with Crippen LogP contribution in [-0.4, -0.2) is 11.1 Å². The van der Waals surface area contributed by atoms with E-state index in [0.29, 0.717) is 5.69 Å². The van der Waals surface area contributed by atoms with Crippen LogP contribution < -0.4 is 9.80 Å². The van der Waals surface area contributed by atoms with Crippen molar-refractivity contribution >= 4 is 22.9 Å². The maximum absolute atomic E-state index is 9.66. The molecular weight excluding hydrogens is 416 g/mol. The van der Waals surface area contributed by atoms with Crippen LogP contribution in [0.4, 0.5) is 22.9 Å². The van der Waals surface area contributed by atoms with Gasteiger partial charge in [0.1, 0.15) is 17.9 Å². The van der Waals surface area contributed by atoms with Crippen LogP contribution in [0.5, 0.6) is 0 Å². The van der Waals surface area contributed by atoms with E-state index in [9.17, 15) is 5.26 Å². The summed E-state index contributed by atoms with van der Waals surface area (Å²) in [7, 11) is 0. The van der Waals surface area contributed by atoms with Crippen molar-refractivity contribution in [3.8, 4) is 6.07 Å². The molecule has 5 rings (SSSR count). The quantitative estimate of drug-likeness (QED) is 0.385. The summed E-state index contributed by atoms with van der Waals surface area (Å²) in [4.78, 5) is 9.73. The number of anilines is 4. The molecule has 2 aliphatic heterocycles. The number of hydrogen-bond donors (Lipinski definition) is 0. The molecule has 1 aromatic heterocycles. The summed E-state index contributed by atoms with van der Waals surface area (Å²) in [5, 5.41) is 9.66. The molecule has 0 radical (unpaired) electrons. The van der Waals surface area contributed by atoms with Crippen molar-refractivity contribution in [2.45, 2.75) is 72.4 Å². The van der Waals surface area contributed by atoms with Crippen LogP contribution in [0.3, 0.4) is 0 Å². The number of hydrogen-bond acceptors (Lipinski definition) is 4. The molecule has 34 heavy (non-hydrogen) atoms. The van der Waals surface area contributed by atoms with Gasteiger partial charge < -0.3 is 9.80 Å². The zero-order valence-electron chi connectivity index (χ0n) is 21.6. The SMILES string of the molecule is Cc1ccccc1N1c2nc(C#N)ccc2N2c3cc(C(C)(C)C)ccc3C(C)(C)C(C)(C)C21. The van der Waals surface area contributed by atoms with Crippen molar-refractivity contribution < 1.29 is 0 Å². The van der Waals surface area contributed by atoms with Gasteiger partial charge in [-0.1, -0.05) is 78.8 Å². The first-order valence-corrected chi connectivity index (χ1v) is 12.1. The van der Waals surface area contributed by atoms with E-state index in [4.69, 9.17) is 4.98 Å². The molecule has 0 saturated carbocycles. The second-order valence-corrected chi connectivity index (χ2v) is 11.9. The smallest absolute Gasteiger partial charge is 0.160 e. The number of benzene rings is 2. The lowest BCUT2D eigenvalue weighted by molar-refractivity contribution is 0.146. The van der Waals surface area contributed by atoms with E-state index in [2.05, 4.69) is 120 Å². The summed E-state index contributed by atoms with van der Waals surface area (Å²) in [5.41, 5.74) is 7.55. The molecule has 0 aliphatic carbocycles. The molecule has 0 N–H and O–H groups in total. The van der Waals surface area contributed by atoms with Crippen LogP contribution in [0.25, 0.3) is 0 Å². The van der Waals surface area contributed by atoms with Gasteiger partial charge in [-0.25, -0.2) is 4.98 Å². The average molecular weight is 451 g/mol. The Morgan fingerprint density at radius 1 is 0.882 bits per heavy atom. The average Bonchev–Trinajstić information content (AvgIpc) is 3.12. The minimum atomic E-state index is -0.140. The molecule has 0 amide bonds. The van der Waals surface area contributed by atoms with Gasteiger partial charge in [-0.05, 0) is 53.3 Å². The Labute approximate surface area is 203 Å². The predicted molar refractivity (Wildman–Crippen MR) is 140 cm³/mol. The second-order valence-electron chi connectivity index (χ2n) is 11.9. The van der Waals surface area contributed by atoms with E-state index in [0.717, 1.165) is 17.2 Å². The number of aryl methyl sites for hydroxylation is 1. The molecule has 0 fully saturated rings. The van der Waals surface area contributed by atoms with Crippen LogP contribution >= 0.6 is 0 Å². The Kier molecular flexibility index (Phi) is 4.69. The standard InChI is InChI=1S/C30H34N4/c1-19-11-9-10-12-23(19)34-26-24(16-14-21(18-31)32-26)33-25-17-20(28(2,3)4)13-15-22(25)29(5,6)30(7,8)27(33)34/h9-17,27H,1-8H3. The first-order valence-electron chi connectivity index (χ1n) is 12.1. The number of rotatable bonds is 1. The molecule has 4 heteroatoms. The highest BCUT2D eigenvalue weighted by atomic mass is 15.5. The summed E-state index contributed by atoms with van der Waals surface area (Å²) >= 11 is 0.